The van der Waals surface area contributed by atoms with Crippen LogP contribution >= 0.6 is 0 Å². The van der Waals surface area contributed by atoms with Gasteiger partial charge in [-0.2, -0.15) is 0 Å². The molecule has 0 amide bonds. The molecule has 2 N–H and O–H groups in total. The van der Waals surface area contributed by atoms with Gasteiger partial charge < -0.3 is 9.84 Å². The van der Waals surface area contributed by atoms with E-state index in [-0.39, 0.29) is 30.4 Å². The Bertz CT molecular complexity index is 313. The van der Waals surface area contributed by atoms with Crippen molar-refractivity contribution < 1.29 is 18.3 Å². The summed E-state index contributed by atoms with van der Waals surface area (Å²) in [5.41, 5.74) is -0.261. The molecule has 1 atom stereocenters. The van der Waals surface area contributed by atoms with Crippen LogP contribution in [0, 0.1) is 0 Å². The Balaban J connectivity index is 2.47. The van der Waals surface area contributed by atoms with Gasteiger partial charge in [-0.1, -0.05) is 0 Å². The van der Waals surface area contributed by atoms with Gasteiger partial charge in [0.15, 0.2) is 0 Å². The SMILES string of the molecule is CC1(C)CC(NS(=O)(=O)CCCO)CCO1. The summed E-state index contributed by atoms with van der Waals surface area (Å²) in [4.78, 5) is 0. The Morgan fingerprint density at radius 1 is 1.50 bits per heavy atom. The fraction of sp³-hybridized carbons (Fsp3) is 1.00. The molecule has 1 saturated heterocycles. The highest BCUT2D eigenvalue weighted by Crippen LogP contribution is 2.24. The maximum absolute atomic E-state index is 11.6. The Kier molecular flexibility index (Phi) is 4.73. The van der Waals surface area contributed by atoms with Crippen LogP contribution in [0.15, 0.2) is 0 Å². The van der Waals surface area contributed by atoms with E-state index in [0.717, 1.165) is 0 Å². The maximum atomic E-state index is 11.6. The summed E-state index contributed by atoms with van der Waals surface area (Å²) in [6.45, 7) is 4.41. The van der Waals surface area contributed by atoms with Crippen molar-refractivity contribution in [2.45, 2.75) is 44.8 Å². The van der Waals surface area contributed by atoms with Crippen LogP contribution in [0.25, 0.3) is 0 Å². The number of aliphatic hydroxyl groups is 1. The molecule has 1 rings (SSSR count). The van der Waals surface area contributed by atoms with Crippen LogP contribution in [-0.4, -0.2) is 44.1 Å². The molecule has 1 unspecified atom stereocenters. The largest absolute Gasteiger partial charge is 0.396 e. The first-order valence-electron chi connectivity index (χ1n) is 5.59. The van der Waals surface area contributed by atoms with E-state index in [9.17, 15) is 8.42 Å². The number of aliphatic hydroxyl groups excluding tert-OH is 1. The van der Waals surface area contributed by atoms with Crippen LogP contribution in [0.5, 0.6) is 0 Å². The minimum atomic E-state index is -3.26. The molecule has 0 radical (unpaired) electrons. The molecule has 0 saturated carbocycles. The summed E-state index contributed by atoms with van der Waals surface area (Å²) < 4.78 is 31.4. The molecule has 6 heteroatoms. The fourth-order valence-electron chi connectivity index (χ4n) is 1.90. The van der Waals surface area contributed by atoms with Crippen molar-refractivity contribution in [2.24, 2.45) is 0 Å². The maximum Gasteiger partial charge on any atom is 0.211 e. The highest BCUT2D eigenvalue weighted by Gasteiger charge is 2.30. The number of sulfonamides is 1. The molecular formula is C10H21NO4S. The zero-order valence-electron chi connectivity index (χ0n) is 9.90. The zero-order valence-corrected chi connectivity index (χ0v) is 10.7. The van der Waals surface area contributed by atoms with Crippen molar-refractivity contribution in [1.82, 2.24) is 4.72 Å². The summed E-state index contributed by atoms with van der Waals surface area (Å²) in [5.74, 6) is -0.0126. The van der Waals surface area contributed by atoms with Crippen molar-refractivity contribution >= 4 is 10.0 Å². The normalized spacial score (nSPS) is 25.6. The molecule has 1 aliphatic rings. The number of nitrogens with one attached hydrogen (secondary N) is 1. The standard InChI is InChI=1S/C10H21NO4S/c1-10(2)8-9(4-6-15-10)11-16(13,14)7-3-5-12/h9,11-12H,3-8H2,1-2H3. The summed E-state index contributed by atoms with van der Waals surface area (Å²) in [5, 5.41) is 8.61. The van der Waals surface area contributed by atoms with Gasteiger partial charge in [-0.05, 0) is 33.1 Å². The third-order valence-corrected chi connectivity index (χ3v) is 4.13. The molecule has 0 bridgehead atoms. The number of hydrogen-bond acceptors (Lipinski definition) is 4. The van der Waals surface area contributed by atoms with Crippen LogP contribution in [-0.2, 0) is 14.8 Å². The smallest absolute Gasteiger partial charge is 0.211 e. The third kappa shape index (κ3) is 4.78. The summed E-state index contributed by atoms with van der Waals surface area (Å²) in [6, 6.07) is -0.0487. The molecule has 0 aromatic carbocycles. The van der Waals surface area contributed by atoms with Crippen LogP contribution in [0.3, 0.4) is 0 Å². The molecule has 1 aliphatic heterocycles. The van der Waals surface area contributed by atoms with Crippen molar-refractivity contribution in [3.63, 3.8) is 0 Å². The van der Waals surface area contributed by atoms with E-state index in [2.05, 4.69) is 4.72 Å². The Morgan fingerprint density at radius 2 is 2.19 bits per heavy atom. The van der Waals surface area contributed by atoms with Crippen LogP contribution in [0.4, 0.5) is 0 Å². The highest BCUT2D eigenvalue weighted by atomic mass is 32.2. The molecule has 96 valence electrons. The molecule has 0 aromatic rings. The van der Waals surface area contributed by atoms with Gasteiger partial charge in [0.1, 0.15) is 0 Å². The first-order chi connectivity index (χ1) is 7.35. The van der Waals surface area contributed by atoms with Gasteiger partial charge in [-0.3, -0.25) is 0 Å². The van der Waals surface area contributed by atoms with Gasteiger partial charge in [-0.25, -0.2) is 13.1 Å². The van der Waals surface area contributed by atoms with Gasteiger partial charge in [0.25, 0.3) is 0 Å². The lowest BCUT2D eigenvalue weighted by molar-refractivity contribution is -0.0599. The van der Waals surface area contributed by atoms with Gasteiger partial charge in [0.2, 0.25) is 10.0 Å². The lowest BCUT2D eigenvalue weighted by Gasteiger charge is -2.35. The number of ether oxygens (including phenoxy) is 1. The topological polar surface area (TPSA) is 75.6 Å². The second-order valence-electron chi connectivity index (χ2n) is 4.81. The van der Waals surface area contributed by atoms with Crippen molar-refractivity contribution in [3.05, 3.63) is 0 Å². The van der Waals surface area contributed by atoms with Crippen molar-refractivity contribution in [1.29, 1.82) is 0 Å². The van der Waals surface area contributed by atoms with Crippen molar-refractivity contribution in [2.75, 3.05) is 19.0 Å². The Hall–Kier alpha value is -0.170. The predicted octanol–water partition coefficient (Wildman–Crippen LogP) is 0.246. The molecule has 1 heterocycles. The Labute approximate surface area is 97.2 Å². The van der Waals surface area contributed by atoms with Crippen molar-refractivity contribution in [3.8, 4) is 0 Å². The molecule has 5 nitrogen and oxygen atoms in total. The summed E-state index contributed by atoms with van der Waals surface area (Å²) >= 11 is 0. The van der Waals surface area contributed by atoms with Crippen LogP contribution in [0.2, 0.25) is 0 Å². The van der Waals surface area contributed by atoms with Gasteiger partial charge in [0.05, 0.1) is 11.4 Å². The number of hydrogen-bond donors (Lipinski definition) is 2. The molecule has 16 heavy (non-hydrogen) atoms. The third-order valence-electron chi connectivity index (χ3n) is 2.61. The summed E-state index contributed by atoms with van der Waals surface area (Å²) in [7, 11) is -3.26. The first-order valence-corrected chi connectivity index (χ1v) is 7.25. The minimum absolute atomic E-state index is 0.0126. The van der Waals surface area contributed by atoms with E-state index >= 15 is 0 Å². The molecule has 1 fully saturated rings. The fourth-order valence-corrected chi connectivity index (χ4v) is 3.24. The van der Waals surface area contributed by atoms with Gasteiger partial charge in [-0.15, -0.1) is 0 Å². The Morgan fingerprint density at radius 3 is 2.75 bits per heavy atom. The lowest BCUT2D eigenvalue weighted by Crippen LogP contribution is -2.46. The molecular weight excluding hydrogens is 230 g/mol. The first kappa shape index (κ1) is 13.9. The van der Waals surface area contributed by atoms with E-state index in [1.54, 1.807) is 0 Å². The number of rotatable bonds is 5. The van der Waals surface area contributed by atoms with Crippen LogP contribution < -0.4 is 4.72 Å². The molecule has 0 aliphatic carbocycles. The molecule has 0 spiro atoms. The van der Waals surface area contributed by atoms with E-state index in [1.165, 1.54) is 0 Å². The predicted molar refractivity (Wildman–Crippen MR) is 61.7 cm³/mol. The van der Waals surface area contributed by atoms with E-state index in [1.807, 2.05) is 13.8 Å². The zero-order chi connectivity index (χ0) is 12.2. The van der Waals surface area contributed by atoms with E-state index in [0.29, 0.717) is 19.4 Å². The molecule has 0 aromatic heterocycles. The lowest BCUT2D eigenvalue weighted by atomic mass is 9.95. The van der Waals surface area contributed by atoms with Gasteiger partial charge in [0, 0.05) is 19.3 Å². The quantitative estimate of drug-likeness (QED) is 0.734. The average molecular weight is 251 g/mol. The average Bonchev–Trinajstić information content (AvgIpc) is 2.12. The minimum Gasteiger partial charge on any atom is -0.396 e. The second kappa shape index (κ2) is 5.44. The monoisotopic (exact) mass is 251 g/mol. The summed E-state index contributed by atoms with van der Waals surface area (Å²) in [6.07, 6.45) is 1.68. The van der Waals surface area contributed by atoms with E-state index < -0.39 is 10.0 Å². The highest BCUT2D eigenvalue weighted by molar-refractivity contribution is 7.89. The second-order valence-corrected chi connectivity index (χ2v) is 6.69. The van der Waals surface area contributed by atoms with Gasteiger partial charge >= 0.3 is 0 Å². The van der Waals surface area contributed by atoms with E-state index in [4.69, 9.17) is 9.84 Å². The van der Waals surface area contributed by atoms with Crippen LogP contribution in [0.1, 0.15) is 33.1 Å².